The van der Waals surface area contributed by atoms with Crippen LogP contribution in [0.15, 0.2) is 66.7 Å². The van der Waals surface area contributed by atoms with Crippen molar-refractivity contribution in [3.8, 4) is 11.1 Å². The second kappa shape index (κ2) is 6.70. The van der Waals surface area contributed by atoms with Crippen LogP contribution in [0.2, 0.25) is 0 Å². The molecule has 1 heterocycles. The molecule has 0 atom stereocenters. The average molecular weight is 384 g/mol. The standard InChI is InChI=1S/C21H15F3N2S/c1-13-9-10-17(25-20-26-18-7-2-3-8-19(18)27-20)16(11-13)14-5-4-6-15(12-14)21(22,23)24/h2-12H,1H3,(H,25,26). The van der Waals surface area contributed by atoms with Crippen LogP contribution in [0.1, 0.15) is 11.1 Å². The van der Waals surface area contributed by atoms with Gasteiger partial charge in [0.2, 0.25) is 0 Å². The summed E-state index contributed by atoms with van der Waals surface area (Å²) in [5, 5.41) is 3.97. The van der Waals surface area contributed by atoms with E-state index in [4.69, 9.17) is 0 Å². The van der Waals surface area contributed by atoms with Crippen LogP contribution in [0.25, 0.3) is 21.3 Å². The fraction of sp³-hybridized carbons (Fsp3) is 0.0952. The predicted molar refractivity (Wildman–Crippen MR) is 105 cm³/mol. The summed E-state index contributed by atoms with van der Waals surface area (Å²) in [6.45, 7) is 1.92. The number of nitrogens with zero attached hydrogens (tertiary/aromatic N) is 1. The number of hydrogen-bond donors (Lipinski definition) is 1. The summed E-state index contributed by atoms with van der Waals surface area (Å²) in [5.74, 6) is 0. The van der Waals surface area contributed by atoms with Crippen LogP contribution in [0.3, 0.4) is 0 Å². The number of aryl methyl sites for hydroxylation is 1. The molecule has 0 aliphatic rings. The Kier molecular flexibility index (Phi) is 4.36. The molecule has 0 radical (unpaired) electrons. The Bertz CT molecular complexity index is 1080. The molecule has 4 rings (SSSR count). The van der Waals surface area contributed by atoms with Gasteiger partial charge in [-0.25, -0.2) is 4.98 Å². The van der Waals surface area contributed by atoms with Gasteiger partial charge in [-0.05, 0) is 48.9 Å². The maximum absolute atomic E-state index is 13.1. The van der Waals surface area contributed by atoms with E-state index in [0.717, 1.165) is 27.5 Å². The lowest BCUT2D eigenvalue weighted by Gasteiger charge is -2.14. The lowest BCUT2D eigenvalue weighted by Crippen LogP contribution is -2.04. The summed E-state index contributed by atoms with van der Waals surface area (Å²) in [5.41, 5.74) is 3.14. The van der Waals surface area contributed by atoms with Crippen molar-refractivity contribution in [3.05, 3.63) is 77.9 Å². The van der Waals surface area contributed by atoms with Crippen molar-refractivity contribution in [1.82, 2.24) is 4.98 Å². The van der Waals surface area contributed by atoms with Gasteiger partial charge in [0.1, 0.15) is 0 Å². The fourth-order valence-corrected chi connectivity index (χ4v) is 3.79. The first kappa shape index (κ1) is 17.5. The second-order valence-electron chi connectivity index (χ2n) is 6.24. The fourth-order valence-electron chi connectivity index (χ4n) is 2.91. The number of hydrogen-bond acceptors (Lipinski definition) is 3. The molecule has 4 aromatic rings. The highest BCUT2D eigenvalue weighted by atomic mass is 32.1. The number of nitrogens with one attached hydrogen (secondary N) is 1. The smallest absolute Gasteiger partial charge is 0.331 e. The number of anilines is 2. The molecule has 1 N–H and O–H groups in total. The van der Waals surface area contributed by atoms with Gasteiger partial charge in [-0.2, -0.15) is 13.2 Å². The Morgan fingerprint density at radius 3 is 2.52 bits per heavy atom. The highest BCUT2D eigenvalue weighted by Crippen LogP contribution is 2.37. The number of para-hydroxylation sites is 1. The number of rotatable bonds is 3. The molecule has 0 spiro atoms. The molecular formula is C21H15F3N2S. The minimum absolute atomic E-state index is 0.511. The quantitative estimate of drug-likeness (QED) is 0.410. The third kappa shape index (κ3) is 3.66. The Morgan fingerprint density at radius 1 is 0.926 bits per heavy atom. The average Bonchev–Trinajstić information content (AvgIpc) is 3.05. The van der Waals surface area contributed by atoms with E-state index in [9.17, 15) is 13.2 Å². The SMILES string of the molecule is Cc1ccc(Nc2nc3ccccc3s2)c(-c2cccc(C(F)(F)F)c2)c1. The van der Waals surface area contributed by atoms with Crippen LogP contribution in [-0.4, -0.2) is 4.98 Å². The molecule has 2 nitrogen and oxygen atoms in total. The predicted octanol–water partition coefficient (Wildman–Crippen LogP) is 7.03. The molecule has 136 valence electrons. The van der Waals surface area contributed by atoms with Crippen molar-refractivity contribution < 1.29 is 13.2 Å². The zero-order valence-corrected chi connectivity index (χ0v) is 15.2. The Morgan fingerprint density at radius 2 is 1.74 bits per heavy atom. The molecule has 0 aliphatic heterocycles. The van der Waals surface area contributed by atoms with Crippen LogP contribution >= 0.6 is 11.3 Å². The van der Waals surface area contributed by atoms with Crippen molar-refractivity contribution in [3.63, 3.8) is 0 Å². The topological polar surface area (TPSA) is 24.9 Å². The van der Waals surface area contributed by atoms with E-state index in [1.165, 1.54) is 23.5 Å². The molecule has 3 aromatic carbocycles. The molecule has 0 unspecified atom stereocenters. The highest BCUT2D eigenvalue weighted by Gasteiger charge is 2.30. The number of halogens is 3. The molecule has 27 heavy (non-hydrogen) atoms. The Hall–Kier alpha value is -2.86. The van der Waals surface area contributed by atoms with E-state index in [-0.39, 0.29) is 0 Å². The number of thiazole rings is 1. The third-order valence-corrected chi connectivity index (χ3v) is 5.16. The molecule has 0 fully saturated rings. The van der Waals surface area contributed by atoms with Gasteiger partial charge in [-0.3, -0.25) is 0 Å². The van der Waals surface area contributed by atoms with E-state index in [0.29, 0.717) is 16.3 Å². The van der Waals surface area contributed by atoms with Gasteiger partial charge in [0.15, 0.2) is 5.13 Å². The number of benzene rings is 3. The second-order valence-corrected chi connectivity index (χ2v) is 7.27. The minimum atomic E-state index is -4.37. The largest absolute Gasteiger partial charge is 0.416 e. The van der Waals surface area contributed by atoms with E-state index >= 15 is 0 Å². The lowest BCUT2D eigenvalue weighted by atomic mass is 9.99. The van der Waals surface area contributed by atoms with Crippen molar-refractivity contribution in [2.45, 2.75) is 13.1 Å². The molecule has 0 amide bonds. The number of aromatic nitrogens is 1. The maximum atomic E-state index is 13.1. The summed E-state index contributed by atoms with van der Waals surface area (Å²) in [6.07, 6.45) is -4.37. The van der Waals surface area contributed by atoms with Crippen LogP contribution in [0.5, 0.6) is 0 Å². The Labute approximate surface area is 158 Å². The van der Waals surface area contributed by atoms with Crippen LogP contribution in [-0.2, 0) is 6.18 Å². The molecule has 1 aromatic heterocycles. The van der Waals surface area contributed by atoms with E-state index in [1.54, 1.807) is 6.07 Å². The first-order chi connectivity index (χ1) is 12.9. The number of fused-ring (bicyclic) bond motifs is 1. The van der Waals surface area contributed by atoms with Gasteiger partial charge in [0.05, 0.1) is 15.8 Å². The normalized spacial score (nSPS) is 11.7. The van der Waals surface area contributed by atoms with Crippen molar-refractivity contribution in [2.75, 3.05) is 5.32 Å². The van der Waals surface area contributed by atoms with Gasteiger partial charge in [0, 0.05) is 11.3 Å². The summed E-state index contributed by atoms with van der Waals surface area (Å²) >= 11 is 1.51. The lowest BCUT2D eigenvalue weighted by molar-refractivity contribution is -0.137. The Balaban J connectivity index is 1.77. The zero-order valence-electron chi connectivity index (χ0n) is 14.3. The van der Waals surface area contributed by atoms with E-state index in [2.05, 4.69) is 10.3 Å². The number of alkyl halides is 3. The van der Waals surface area contributed by atoms with Gasteiger partial charge >= 0.3 is 6.18 Å². The maximum Gasteiger partial charge on any atom is 0.416 e. The minimum Gasteiger partial charge on any atom is -0.331 e. The highest BCUT2D eigenvalue weighted by molar-refractivity contribution is 7.22. The van der Waals surface area contributed by atoms with E-state index < -0.39 is 11.7 Å². The molecule has 0 aliphatic carbocycles. The zero-order chi connectivity index (χ0) is 19.0. The molecule has 0 saturated heterocycles. The van der Waals surface area contributed by atoms with Gasteiger partial charge < -0.3 is 5.32 Å². The monoisotopic (exact) mass is 384 g/mol. The van der Waals surface area contributed by atoms with Gasteiger partial charge in [-0.1, -0.05) is 47.2 Å². The van der Waals surface area contributed by atoms with Crippen molar-refractivity contribution in [1.29, 1.82) is 0 Å². The van der Waals surface area contributed by atoms with E-state index in [1.807, 2.05) is 49.4 Å². The van der Waals surface area contributed by atoms with Crippen LogP contribution < -0.4 is 5.32 Å². The van der Waals surface area contributed by atoms with Crippen LogP contribution in [0, 0.1) is 6.92 Å². The van der Waals surface area contributed by atoms with Crippen LogP contribution in [0.4, 0.5) is 24.0 Å². The first-order valence-electron chi connectivity index (χ1n) is 8.31. The molecular weight excluding hydrogens is 369 g/mol. The summed E-state index contributed by atoms with van der Waals surface area (Å²) in [7, 11) is 0. The van der Waals surface area contributed by atoms with Gasteiger partial charge in [0.25, 0.3) is 0 Å². The first-order valence-corrected chi connectivity index (χ1v) is 9.13. The molecule has 0 bridgehead atoms. The van der Waals surface area contributed by atoms with Crippen molar-refractivity contribution >= 4 is 32.4 Å². The molecule has 0 saturated carbocycles. The summed E-state index contributed by atoms with van der Waals surface area (Å²) in [6, 6.07) is 18.8. The van der Waals surface area contributed by atoms with Gasteiger partial charge in [-0.15, -0.1) is 0 Å². The summed E-state index contributed by atoms with van der Waals surface area (Å²) in [4.78, 5) is 4.55. The van der Waals surface area contributed by atoms with Crippen molar-refractivity contribution in [2.24, 2.45) is 0 Å². The summed E-state index contributed by atoms with van der Waals surface area (Å²) < 4.78 is 40.4. The molecule has 6 heteroatoms. The third-order valence-electron chi connectivity index (χ3n) is 4.21.